The number of anilines is 3. The third-order valence-electron chi connectivity index (χ3n) is 5.95. The maximum Gasteiger partial charge on any atom is 0.251 e. The zero-order valence-corrected chi connectivity index (χ0v) is 21.6. The molecule has 2 aromatic carbocycles. The van der Waals surface area contributed by atoms with Gasteiger partial charge in [-0.15, -0.1) is 0 Å². The molecule has 188 valence electrons. The Hall–Kier alpha value is -3.62. The van der Waals surface area contributed by atoms with Crippen LogP contribution in [0.3, 0.4) is 0 Å². The molecule has 1 fully saturated rings. The molecular weight excluding hydrogens is 476 g/mol. The van der Waals surface area contributed by atoms with Gasteiger partial charge in [-0.1, -0.05) is 23.8 Å². The van der Waals surface area contributed by atoms with Gasteiger partial charge in [0.15, 0.2) is 0 Å². The van der Waals surface area contributed by atoms with E-state index in [2.05, 4.69) is 56.8 Å². The second-order valence-corrected chi connectivity index (χ2v) is 9.26. The van der Waals surface area contributed by atoms with E-state index >= 15 is 0 Å². The van der Waals surface area contributed by atoms with Gasteiger partial charge in [0.2, 0.25) is 5.95 Å². The third kappa shape index (κ3) is 6.13. The lowest BCUT2D eigenvalue weighted by Gasteiger charge is -2.37. The predicted octanol–water partition coefficient (Wildman–Crippen LogP) is 4.60. The fourth-order valence-electron chi connectivity index (χ4n) is 4.26. The van der Waals surface area contributed by atoms with E-state index in [9.17, 15) is 4.79 Å². The van der Waals surface area contributed by atoms with E-state index < -0.39 is 0 Å². The molecule has 0 unspecified atom stereocenters. The number of carbonyl (C=O) groups excluding carboxylic acids is 1. The van der Waals surface area contributed by atoms with Crippen molar-refractivity contribution in [1.29, 1.82) is 0 Å². The van der Waals surface area contributed by atoms with E-state index in [1.807, 2.05) is 18.2 Å². The van der Waals surface area contributed by atoms with Crippen molar-refractivity contribution < 1.29 is 9.53 Å². The number of halogens is 1. The maximum absolute atomic E-state index is 12.1. The van der Waals surface area contributed by atoms with E-state index in [1.54, 1.807) is 37.7 Å². The van der Waals surface area contributed by atoms with Crippen LogP contribution in [0.5, 0.6) is 5.75 Å². The zero-order chi connectivity index (χ0) is 25.7. The smallest absolute Gasteiger partial charge is 0.251 e. The highest BCUT2D eigenvalue weighted by Gasteiger charge is 2.21. The van der Waals surface area contributed by atoms with E-state index in [-0.39, 0.29) is 5.91 Å². The average Bonchev–Trinajstić information content (AvgIpc) is 2.88. The topological polar surface area (TPSA) is 91.4 Å². The first-order valence-corrected chi connectivity index (χ1v) is 12.2. The predicted molar refractivity (Wildman–Crippen MR) is 146 cm³/mol. The molecule has 36 heavy (non-hydrogen) atoms. The van der Waals surface area contributed by atoms with Gasteiger partial charge >= 0.3 is 0 Å². The van der Waals surface area contributed by atoms with Crippen molar-refractivity contribution >= 4 is 47.0 Å². The van der Waals surface area contributed by atoms with Gasteiger partial charge in [0.25, 0.3) is 5.91 Å². The Kier molecular flexibility index (Phi) is 8.07. The van der Waals surface area contributed by atoms with Gasteiger partial charge in [-0.2, -0.15) is 0 Å². The first kappa shape index (κ1) is 25.5. The molecule has 3 aromatic rings. The highest BCUT2D eigenvalue weighted by atomic mass is 35.5. The second-order valence-electron chi connectivity index (χ2n) is 8.88. The van der Waals surface area contributed by atoms with Crippen molar-refractivity contribution in [3.63, 3.8) is 0 Å². The monoisotopic (exact) mass is 506 g/mol. The number of ether oxygens (including phenoxy) is 1. The summed E-state index contributed by atoms with van der Waals surface area (Å²) < 4.78 is 5.31. The first-order chi connectivity index (χ1) is 17.4. The minimum Gasteiger partial charge on any atom is -0.495 e. The summed E-state index contributed by atoms with van der Waals surface area (Å²) in [6.07, 6.45) is 7.08. The summed E-state index contributed by atoms with van der Waals surface area (Å²) in [5.74, 6) is 0.717. The minimum absolute atomic E-state index is 0.219. The van der Waals surface area contributed by atoms with Crippen LogP contribution in [0.1, 0.15) is 35.3 Å². The lowest BCUT2D eigenvalue weighted by atomic mass is 10.1. The van der Waals surface area contributed by atoms with Crippen LogP contribution < -0.4 is 25.6 Å². The van der Waals surface area contributed by atoms with Gasteiger partial charge in [-0.25, -0.2) is 9.97 Å². The Balaban J connectivity index is 1.42. The normalized spacial score (nSPS) is 17.8. The van der Waals surface area contributed by atoms with Gasteiger partial charge in [-0.3, -0.25) is 4.79 Å². The van der Waals surface area contributed by atoms with Crippen molar-refractivity contribution in [2.24, 2.45) is 0 Å². The number of nitrogens with zero attached hydrogens (tertiary/aromatic N) is 3. The molecule has 0 spiro atoms. The quantitative estimate of drug-likeness (QED) is 0.431. The number of hydrogen-bond donors (Lipinski definition) is 3. The third-order valence-corrected chi connectivity index (χ3v) is 6.35. The fourth-order valence-corrected chi connectivity index (χ4v) is 4.51. The van der Waals surface area contributed by atoms with Crippen LogP contribution in [0.4, 0.5) is 17.3 Å². The summed E-state index contributed by atoms with van der Waals surface area (Å²) in [5, 5.41) is 9.84. The summed E-state index contributed by atoms with van der Waals surface area (Å²) in [7, 11) is 3.09. The summed E-state index contributed by atoms with van der Waals surface area (Å²) in [4.78, 5) is 23.3. The summed E-state index contributed by atoms with van der Waals surface area (Å²) in [6.45, 7) is 6.40. The summed E-state index contributed by atoms with van der Waals surface area (Å²) >= 11 is 6.43. The molecule has 2 heterocycles. The van der Waals surface area contributed by atoms with Gasteiger partial charge in [0.05, 0.1) is 12.1 Å². The highest BCUT2D eigenvalue weighted by molar-refractivity contribution is 6.33. The van der Waals surface area contributed by atoms with Crippen LogP contribution in [-0.2, 0) is 0 Å². The van der Waals surface area contributed by atoms with Crippen molar-refractivity contribution in [2.75, 3.05) is 37.5 Å². The second kappa shape index (κ2) is 11.4. The molecular formula is C27H31ClN6O2. The molecule has 1 aliphatic rings. The largest absolute Gasteiger partial charge is 0.495 e. The van der Waals surface area contributed by atoms with Gasteiger partial charge in [0.1, 0.15) is 5.75 Å². The number of benzene rings is 2. The molecule has 0 saturated carbocycles. The Morgan fingerprint density at radius 2 is 1.78 bits per heavy atom. The van der Waals surface area contributed by atoms with Gasteiger partial charge < -0.3 is 25.6 Å². The van der Waals surface area contributed by atoms with Crippen molar-refractivity contribution in [2.45, 2.75) is 25.9 Å². The zero-order valence-electron chi connectivity index (χ0n) is 20.9. The average molecular weight is 507 g/mol. The van der Waals surface area contributed by atoms with Crippen molar-refractivity contribution in [3.8, 4) is 5.75 Å². The molecule has 1 saturated heterocycles. The van der Waals surface area contributed by atoms with Crippen LogP contribution >= 0.6 is 11.6 Å². The number of rotatable bonds is 7. The molecule has 0 bridgehead atoms. The first-order valence-electron chi connectivity index (χ1n) is 11.8. The number of amides is 1. The molecule has 1 amide bonds. The van der Waals surface area contributed by atoms with Crippen molar-refractivity contribution in [1.82, 2.24) is 20.6 Å². The molecule has 2 atom stereocenters. The number of hydrogen-bond acceptors (Lipinski definition) is 7. The molecule has 0 radical (unpaired) electrons. The number of piperazine rings is 1. The summed E-state index contributed by atoms with van der Waals surface area (Å²) in [5.41, 5.74) is 4.03. The van der Waals surface area contributed by atoms with Gasteiger partial charge in [-0.05, 0) is 55.8 Å². The SMILES string of the molecule is CNC(=O)c1cc(/C=C/c2cnc(Nc3ccc(N4C[C@@H](C)N[C@@H](C)C4)cc3)nc2)c(Cl)c(OC)c1. The molecule has 1 aromatic heterocycles. The van der Waals surface area contributed by atoms with E-state index in [0.29, 0.717) is 39.9 Å². The van der Waals surface area contributed by atoms with Crippen LogP contribution in [0, 0.1) is 0 Å². The maximum atomic E-state index is 12.1. The summed E-state index contributed by atoms with van der Waals surface area (Å²) in [6, 6.07) is 12.6. The van der Waals surface area contributed by atoms with Crippen LogP contribution in [0.2, 0.25) is 5.02 Å². The lowest BCUT2D eigenvalue weighted by molar-refractivity contribution is 0.0962. The molecule has 8 nitrogen and oxygen atoms in total. The standard InChI is InChI=1S/C27H31ClN6O2/c1-17-15-34(16-18(2)32-17)23-9-7-22(8-10-23)33-27-30-13-19(14-31-27)5-6-20-11-21(26(35)29-3)12-24(36-4)25(20)28/h5-14,17-18,32H,15-16H2,1-4H3,(H,29,35)(H,30,31,33)/b6-5+/t17-,18+. The van der Waals surface area contributed by atoms with Crippen LogP contribution in [0.15, 0.2) is 48.8 Å². The molecule has 1 aliphatic heterocycles. The number of methoxy groups -OCH3 is 1. The lowest BCUT2D eigenvalue weighted by Crippen LogP contribution is -2.54. The Morgan fingerprint density at radius 1 is 1.11 bits per heavy atom. The Labute approximate surface area is 216 Å². The molecule has 3 N–H and O–H groups in total. The minimum atomic E-state index is -0.219. The number of nitrogens with one attached hydrogen (secondary N) is 3. The van der Waals surface area contributed by atoms with Crippen molar-refractivity contribution in [3.05, 3.63) is 70.5 Å². The van der Waals surface area contributed by atoms with Crippen LogP contribution in [-0.4, -0.2) is 55.2 Å². The van der Waals surface area contributed by atoms with Crippen LogP contribution in [0.25, 0.3) is 12.2 Å². The fraction of sp³-hybridized carbons (Fsp3) is 0.296. The van der Waals surface area contributed by atoms with Gasteiger partial charge in [0, 0.05) is 67.1 Å². The Morgan fingerprint density at radius 3 is 2.39 bits per heavy atom. The molecule has 0 aliphatic carbocycles. The van der Waals surface area contributed by atoms with E-state index in [4.69, 9.17) is 16.3 Å². The van der Waals surface area contributed by atoms with E-state index in [1.165, 1.54) is 12.8 Å². The Bertz CT molecular complexity index is 1220. The molecule has 9 heteroatoms. The number of aromatic nitrogens is 2. The number of carbonyl (C=O) groups is 1. The molecule has 4 rings (SSSR count). The van der Waals surface area contributed by atoms with E-state index in [0.717, 1.165) is 24.3 Å². The highest BCUT2D eigenvalue weighted by Crippen LogP contribution is 2.31.